The van der Waals surface area contributed by atoms with E-state index in [1.165, 1.54) is 37.8 Å². The molecular formula is C25H33N3O3. The highest BCUT2D eigenvalue weighted by molar-refractivity contribution is 5.89. The van der Waals surface area contributed by atoms with Crippen LogP contribution in [0.3, 0.4) is 0 Å². The standard InChI is InChI=1S/C25H33N3O3/c29-23-13-20(15-27(23)16-21-6-4-10-31-21)25(30)28-9-3-5-17-11-18-12-19(24(17)28)14-26-8-2-1-7-22(18)26/h4,6,10-11,18-20,22,24H,1-3,5,7-9,12-16H2/t18-,19-,20-,22-,24+/m0/s1. The second-order valence-corrected chi connectivity index (χ2v) is 10.3. The average Bonchev–Trinajstić information content (AvgIpc) is 3.43. The van der Waals surface area contributed by atoms with E-state index in [2.05, 4.69) is 15.9 Å². The summed E-state index contributed by atoms with van der Waals surface area (Å²) in [5.41, 5.74) is 1.52. The zero-order valence-corrected chi connectivity index (χ0v) is 18.2. The van der Waals surface area contributed by atoms with E-state index < -0.39 is 0 Å². The van der Waals surface area contributed by atoms with Crippen molar-refractivity contribution in [2.24, 2.45) is 17.8 Å². The Balaban J connectivity index is 1.20. The summed E-state index contributed by atoms with van der Waals surface area (Å²) >= 11 is 0. The van der Waals surface area contributed by atoms with E-state index in [4.69, 9.17) is 4.42 Å². The molecular weight excluding hydrogens is 390 g/mol. The number of hydrogen-bond donors (Lipinski definition) is 0. The maximum atomic E-state index is 13.7. The molecule has 4 saturated heterocycles. The lowest BCUT2D eigenvalue weighted by molar-refractivity contribution is -0.140. The second-order valence-electron chi connectivity index (χ2n) is 10.3. The predicted octanol–water partition coefficient (Wildman–Crippen LogP) is 3.05. The highest BCUT2D eigenvalue weighted by Crippen LogP contribution is 2.45. The van der Waals surface area contributed by atoms with Gasteiger partial charge in [-0.1, -0.05) is 18.1 Å². The third-order valence-corrected chi connectivity index (χ3v) is 8.43. The van der Waals surface area contributed by atoms with Crippen LogP contribution in [0.15, 0.2) is 34.5 Å². The topological polar surface area (TPSA) is 57.0 Å². The summed E-state index contributed by atoms with van der Waals surface area (Å²) in [5.74, 6) is 2.06. The first-order valence-electron chi connectivity index (χ1n) is 12.2. The summed E-state index contributed by atoms with van der Waals surface area (Å²) in [6.07, 6.45) is 12.0. The Morgan fingerprint density at radius 2 is 2.10 bits per heavy atom. The largest absolute Gasteiger partial charge is 0.467 e. The van der Waals surface area contributed by atoms with Gasteiger partial charge in [0.15, 0.2) is 0 Å². The van der Waals surface area contributed by atoms with Crippen LogP contribution in [-0.4, -0.2) is 64.8 Å². The first kappa shape index (κ1) is 19.6. The molecule has 5 aliphatic rings. The Kier molecular flexibility index (Phi) is 4.93. The Bertz CT molecular complexity index is 879. The van der Waals surface area contributed by atoms with Gasteiger partial charge >= 0.3 is 0 Å². The SMILES string of the molecule is O=C1C[C@H](C(=O)N2CCCC3=C[C@H]4C[C@@H](CN5CCCC[C@@H]45)[C@@H]32)CN1Cc1ccco1. The summed E-state index contributed by atoms with van der Waals surface area (Å²) in [4.78, 5) is 33.0. The van der Waals surface area contributed by atoms with Gasteiger partial charge in [0.05, 0.1) is 24.8 Å². The van der Waals surface area contributed by atoms with Crippen molar-refractivity contribution in [1.29, 1.82) is 0 Å². The summed E-state index contributed by atoms with van der Waals surface area (Å²) < 4.78 is 5.41. The van der Waals surface area contributed by atoms with Gasteiger partial charge in [-0.15, -0.1) is 0 Å². The highest BCUT2D eigenvalue weighted by atomic mass is 16.3. The highest BCUT2D eigenvalue weighted by Gasteiger charge is 2.48. The molecule has 1 aliphatic carbocycles. The van der Waals surface area contributed by atoms with Crippen molar-refractivity contribution in [2.75, 3.05) is 26.2 Å². The van der Waals surface area contributed by atoms with Crippen molar-refractivity contribution in [3.8, 4) is 0 Å². The minimum atomic E-state index is -0.217. The normalized spacial score (nSPS) is 35.5. The van der Waals surface area contributed by atoms with Crippen molar-refractivity contribution in [3.05, 3.63) is 35.8 Å². The number of carbonyl (C=O) groups is 2. The number of piperidine rings is 3. The van der Waals surface area contributed by atoms with Crippen LogP contribution in [0.4, 0.5) is 0 Å². The molecule has 2 amide bonds. The van der Waals surface area contributed by atoms with Crippen LogP contribution < -0.4 is 0 Å². The zero-order chi connectivity index (χ0) is 20.9. The number of rotatable bonds is 3. The van der Waals surface area contributed by atoms with Crippen LogP contribution >= 0.6 is 0 Å². The van der Waals surface area contributed by atoms with E-state index in [1.807, 2.05) is 12.1 Å². The average molecular weight is 424 g/mol. The molecule has 2 bridgehead atoms. The number of furan rings is 1. The van der Waals surface area contributed by atoms with Crippen LogP contribution in [0.5, 0.6) is 0 Å². The summed E-state index contributed by atoms with van der Waals surface area (Å²) in [6, 6.07) is 4.72. The fourth-order valence-electron chi connectivity index (χ4n) is 7.14. The lowest BCUT2D eigenvalue weighted by Crippen LogP contribution is -2.60. The van der Waals surface area contributed by atoms with Crippen LogP contribution in [0, 0.1) is 17.8 Å². The predicted molar refractivity (Wildman–Crippen MR) is 116 cm³/mol. The molecule has 0 unspecified atom stereocenters. The number of hydrogen-bond acceptors (Lipinski definition) is 4. The van der Waals surface area contributed by atoms with E-state index >= 15 is 0 Å². The molecule has 0 aromatic carbocycles. The minimum absolute atomic E-state index is 0.0695. The molecule has 6 heteroatoms. The molecule has 31 heavy (non-hydrogen) atoms. The van der Waals surface area contributed by atoms with Crippen molar-refractivity contribution in [1.82, 2.24) is 14.7 Å². The minimum Gasteiger partial charge on any atom is -0.467 e. The molecule has 0 saturated carbocycles. The van der Waals surface area contributed by atoms with Gasteiger partial charge < -0.3 is 14.2 Å². The zero-order valence-electron chi connectivity index (χ0n) is 18.2. The quantitative estimate of drug-likeness (QED) is 0.702. The third kappa shape index (κ3) is 3.43. The molecule has 6 nitrogen and oxygen atoms in total. The number of amides is 2. The Labute approximate surface area is 184 Å². The van der Waals surface area contributed by atoms with E-state index in [0.717, 1.165) is 37.7 Å². The number of nitrogens with zero attached hydrogens (tertiary/aromatic N) is 3. The number of fused-ring (bicyclic) bond motifs is 6. The van der Waals surface area contributed by atoms with Gasteiger partial charge in [-0.05, 0) is 62.6 Å². The fraction of sp³-hybridized carbons (Fsp3) is 0.680. The lowest BCUT2D eigenvalue weighted by atomic mass is 9.68. The van der Waals surface area contributed by atoms with Gasteiger partial charge in [-0.25, -0.2) is 0 Å². The molecule has 0 radical (unpaired) electrons. The molecule has 0 N–H and O–H groups in total. The smallest absolute Gasteiger partial charge is 0.228 e. The van der Waals surface area contributed by atoms with Gasteiger partial charge in [-0.2, -0.15) is 0 Å². The van der Waals surface area contributed by atoms with Crippen molar-refractivity contribution >= 4 is 11.8 Å². The molecule has 1 aromatic heterocycles. The second kappa shape index (κ2) is 7.80. The van der Waals surface area contributed by atoms with Crippen LogP contribution in [0.2, 0.25) is 0 Å². The maximum absolute atomic E-state index is 13.7. The Morgan fingerprint density at radius 1 is 1.16 bits per heavy atom. The van der Waals surface area contributed by atoms with Crippen molar-refractivity contribution in [3.63, 3.8) is 0 Å². The molecule has 4 fully saturated rings. The van der Waals surface area contributed by atoms with E-state index in [1.54, 1.807) is 11.2 Å². The van der Waals surface area contributed by atoms with Crippen LogP contribution in [0.1, 0.15) is 50.7 Å². The Morgan fingerprint density at radius 3 is 2.97 bits per heavy atom. The van der Waals surface area contributed by atoms with Gasteiger partial charge in [0.25, 0.3) is 0 Å². The lowest BCUT2D eigenvalue weighted by Gasteiger charge is -2.55. The first-order chi connectivity index (χ1) is 15.2. The van der Waals surface area contributed by atoms with E-state index in [-0.39, 0.29) is 23.8 Å². The van der Waals surface area contributed by atoms with Gasteiger partial charge in [0, 0.05) is 32.1 Å². The third-order valence-electron chi connectivity index (χ3n) is 8.43. The first-order valence-corrected chi connectivity index (χ1v) is 12.2. The van der Waals surface area contributed by atoms with E-state index in [0.29, 0.717) is 31.3 Å². The fourth-order valence-corrected chi connectivity index (χ4v) is 7.14. The summed E-state index contributed by atoms with van der Waals surface area (Å²) in [5, 5.41) is 0. The van der Waals surface area contributed by atoms with Gasteiger partial charge in [0.2, 0.25) is 11.8 Å². The van der Waals surface area contributed by atoms with Gasteiger partial charge in [0.1, 0.15) is 5.76 Å². The molecule has 6 rings (SSSR count). The van der Waals surface area contributed by atoms with Crippen molar-refractivity contribution < 1.29 is 14.0 Å². The monoisotopic (exact) mass is 423 g/mol. The molecule has 4 aliphatic heterocycles. The Hall–Kier alpha value is -2.08. The summed E-state index contributed by atoms with van der Waals surface area (Å²) in [6.45, 7) is 4.18. The molecule has 5 heterocycles. The van der Waals surface area contributed by atoms with Crippen LogP contribution in [-0.2, 0) is 16.1 Å². The van der Waals surface area contributed by atoms with E-state index in [9.17, 15) is 9.59 Å². The van der Waals surface area contributed by atoms with Crippen molar-refractivity contribution in [2.45, 2.75) is 63.6 Å². The maximum Gasteiger partial charge on any atom is 0.228 e. The molecule has 0 spiro atoms. The number of likely N-dealkylation sites (tertiary alicyclic amines) is 2. The molecule has 166 valence electrons. The number of carbonyl (C=O) groups excluding carboxylic acids is 2. The molecule has 1 aromatic rings. The van der Waals surface area contributed by atoms with Gasteiger partial charge in [-0.3, -0.25) is 14.5 Å². The summed E-state index contributed by atoms with van der Waals surface area (Å²) in [7, 11) is 0. The van der Waals surface area contributed by atoms with Crippen LogP contribution in [0.25, 0.3) is 0 Å². The molecule has 5 atom stereocenters.